The molecule has 1 aromatic rings. The maximum Gasteiger partial charge on any atom is 0.172 e. The van der Waals surface area contributed by atoms with Gasteiger partial charge in [0.2, 0.25) is 0 Å². The Morgan fingerprint density at radius 2 is 1.81 bits per heavy atom. The van der Waals surface area contributed by atoms with E-state index in [1.807, 2.05) is 0 Å². The second-order valence-corrected chi connectivity index (χ2v) is 13.2. The molecule has 36 heavy (non-hydrogen) atoms. The van der Waals surface area contributed by atoms with Crippen LogP contribution >= 0.6 is 23.2 Å². The van der Waals surface area contributed by atoms with Crippen molar-refractivity contribution in [3.8, 4) is 5.75 Å². The average Bonchev–Trinajstić information content (AvgIpc) is 3.40. The molecule has 0 radical (unpaired) electrons. The summed E-state index contributed by atoms with van der Waals surface area (Å²) in [4.78, 5) is 4.61. The van der Waals surface area contributed by atoms with Gasteiger partial charge in [-0.15, -0.1) is 0 Å². The number of phenolic OH excluding ortho intramolecular Hbond substituents is 1. The normalized spacial score (nSPS) is 41.2. The van der Waals surface area contributed by atoms with Crippen molar-refractivity contribution in [3.05, 3.63) is 39.4 Å². The first kappa shape index (κ1) is 25.2. The minimum absolute atomic E-state index is 0.0338. The summed E-state index contributed by atoms with van der Waals surface area (Å²) < 4.78 is 12.1. The lowest BCUT2D eigenvalue weighted by Gasteiger charge is -2.59. The number of aromatic hydroxyl groups is 1. The van der Waals surface area contributed by atoms with Crippen molar-refractivity contribution >= 4 is 29.4 Å². The Kier molecular flexibility index (Phi) is 6.09. The van der Waals surface area contributed by atoms with E-state index in [1.165, 1.54) is 6.07 Å². The summed E-state index contributed by atoms with van der Waals surface area (Å²) >= 11 is 12.2. The van der Waals surface area contributed by atoms with Gasteiger partial charge in [0.15, 0.2) is 5.79 Å². The molecule has 1 saturated heterocycles. The predicted molar refractivity (Wildman–Crippen MR) is 142 cm³/mol. The molecule has 0 bridgehead atoms. The zero-order chi connectivity index (χ0) is 25.3. The van der Waals surface area contributed by atoms with Gasteiger partial charge in [-0.1, -0.05) is 48.7 Å². The molecule has 2 N–H and O–H groups in total. The Morgan fingerprint density at radius 3 is 2.58 bits per heavy atom. The molecule has 6 rings (SSSR count). The Hall–Kier alpha value is -1.11. The van der Waals surface area contributed by atoms with Gasteiger partial charge in [0.05, 0.1) is 30.4 Å². The molecule has 0 aromatic heterocycles. The number of phenols is 1. The molecule has 1 spiro atoms. The fourth-order valence-corrected chi connectivity index (χ4v) is 9.21. The Labute approximate surface area is 223 Å². The van der Waals surface area contributed by atoms with E-state index >= 15 is 0 Å². The molecule has 1 heterocycles. The van der Waals surface area contributed by atoms with Gasteiger partial charge in [0.1, 0.15) is 5.75 Å². The summed E-state index contributed by atoms with van der Waals surface area (Å²) in [5.41, 5.74) is 1.19. The second kappa shape index (κ2) is 8.71. The van der Waals surface area contributed by atoms with Gasteiger partial charge in [0.25, 0.3) is 0 Å². The van der Waals surface area contributed by atoms with Crippen LogP contribution in [-0.4, -0.2) is 47.6 Å². The standard InChI is InChI=1S/C29H37Cl2NO4/c1-26-9-10-29(35-11-12-36-29)15-19(26)3-4-21-22(26)5-7-27(2)23(21)6-8-28(27,34)17-32-16-18-13-20(30)14-24(31)25(18)33/h3,13-14,16,21-23,33-34H,4-12,15,17H2,1-2H3/t21?,22?,23?,26-,27-,28+/m0/s1. The van der Waals surface area contributed by atoms with Crippen LogP contribution in [0.5, 0.6) is 5.75 Å². The number of hydrogen-bond donors (Lipinski definition) is 2. The molecule has 4 aliphatic carbocycles. The summed E-state index contributed by atoms with van der Waals surface area (Å²) in [6, 6.07) is 3.15. The van der Waals surface area contributed by atoms with E-state index in [4.69, 9.17) is 32.7 Å². The van der Waals surface area contributed by atoms with Gasteiger partial charge in [-0.2, -0.15) is 0 Å². The van der Waals surface area contributed by atoms with Gasteiger partial charge in [0, 0.05) is 35.1 Å². The number of rotatable bonds is 3. The Bertz CT molecular complexity index is 1110. The number of aliphatic hydroxyl groups is 1. The minimum atomic E-state index is -0.857. The molecule has 3 saturated carbocycles. The number of benzene rings is 1. The fourth-order valence-electron chi connectivity index (χ4n) is 8.70. The molecular weight excluding hydrogens is 497 g/mol. The molecule has 1 aromatic carbocycles. The van der Waals surface area contributed by atoms with Crippen molar-refractivity contribution in [1.82, 2.24) is 0 Å². The van der Waals surface area contributed by atoms with Crippen molar-refractivity contribution in [3.63, 3.8) is 0 Å². The highest BCUT2D eigenvalue weighted by Gasteiger charge is 2.64. The van der Waals surface area contributed by atoms with Crippen molar-refractivity contribution in [1.29, 1.82) is 0 Å². The van der Waals surface area contributed by atoms with Crippen LogP contribution in [0.3, 0.4) is 0 Å². The van der Waals surface area contributed by atoms with E-state index in [0.29, 0.717) is 48.1 Å². The average molecular weight is 535 g/mol. The fraction of sp³-hybridized carbons (Fsp3) is 0.690. The van der Waals surface area contributed by atoms with Crippen LogP contribution in [0.15, 0.2) is 28.8 Å². The Morgan fingerprint density at radius 1 is 1.06 bits per heavy atom. The number of nitrogens with zero attached hydrogens (tertiary/aromatic N) is 1. The van der Waals surface area contributed by atoms with Crippen molar-refractivity contribution in [2.75, 3.05) is 19.8 Å². The largest absolute Gasteiger partial charge is 0.506 e. The van der Waals surface area contributed by atoms with Crippen LogP contribution in [0.4, 0.5) is 0 Å². The molecular formula is C29H37Cl2NO4. The number of fused-ring (bicyclic) bond motifs is 5. The van der Waals surface area contributed by atoms with E-state index in [1.54, 1.807) is 17.9 Å². The second-order valence-electron chi connectivity index (χ2n) is 12.4. The topological polar surface area (TPSA) is 71.3 Å². The lowest BCUT2D eigenvalue weighted by Crippen LogP contribution is -2.56. The molecule has 1 aliphatic heterocycles. The van der Waals surface area contributed by atoms with E-state index < -0.39 is 5.60 Å². The van der Waals surface area contributed by atoms with Crippen molar-refractivity contribution in [2.45, 2.75) is 76.6 Å². The smallest absolute Gasteiger partial charge is 0.172 e. The van der Waals surface area contributed by atoms with Crippen LogP contribution < -0.4 is 0 Å². The number of ether oxygens (including phenoxy) is 2. The zero-order valence-corrected chi connectivity index (χ0v) is 22.7. The first-order valence-electron chi connectivity index (χ1n) is 13.5. The summed E-state index contributed by atoms with van der Waals surface area (Å²) in [7, 11) is 0. The highest BCUT2D eigenvalue weighted by molar-refractivity contribution is 6.36. The van der Waals surface area contributed by atoms with Gasteiger partial charge < -0.3 is 19.7 Å². The maximum atomic E-state index is 12.0. The summed E-state index contributed by atoms with van der Waals surface area (Å²) in [5.74, 6) is 1.30. The minimum Gasteiger partial charge on any atom is -0.506 e. The van der Waals surface area contributed by atoms with Gasteiger partial charge in [-0.05, 0) is 73.8 Å². The first-order valence-corrected chi connectivity index (χ1v) is 14.2. The molecule has 7 heteroatoms. The third-order valence-corrected chi connectivity index (χ3v) is 11.4. The third-order valence-electron chi connectivity index (χ3n) is 10.9. The molecule has 6 atom stereocenters. The number of aliphatic imine (C=N–C) groups is 1. The Balaban J connectivity index is 1.21. The van der Waals surface area contributed by atoms with Crippen LogP contribution in [0, 0.1) is 28.6 Å². The van der Waals surface area contributed by atoms with E-state index in [0.717, 1.165) is 51.4 Å². The summed E-state index contributed by atoms with van der Waals surface area (Å²) in [6.07, 6.45) is 12.1. The number of allylic oxidation sites excluding steroid dienone is 1. The summed E-state index contributed by atoms with van der Waals surface area (Å²) in [5, 5.41) is 22.9. The van der Waals surface area contributed by atoms with Crippen LogP contribution in [0.1, 0.15) is 70.8 Å². The van der Waals surface area contributed by atoms with Gasteiger partial charge >= 0.3 is 0 Å². The quantitative estimate of drug-likeness (QED) is 0.341. The third kappa shape index (κ3) is 3.71. The molecule has 5 aliphatic rings. The van der Waals surface area contributed by atoms with E-state index in [-0.39, 0.29) is 27.4 Å². The highest BCUT2D eigenvalue weighted by atomic mass is 35.5. The monoisotopic (exact) mass is 533 g/mol. The lowest BCUT2D eigenvalue weighted by atomic mass is 9.46. The van der Waals surface area contributed by atoms with Crippen LogP contribution in [0.25, 0.3) is 0 Å². The van der Waals surface area contributed by atoms with Gasteiger partial charge in [-0.3, -0.25) is 4.99 Å². The van der Waals surface area contributed by atoms with E-state index in [2.05, 4.69) is 24.9 Å². The molecule has 5 nitrogen and oxygen atoms in total. The molecule has 3 unspecified atom stereocenters. The zero-order valence-electron chi connectivity index (χ0n) is 21.2. The molecule has 4 fully saturated rings. The lowest BCUT2D eigenvalue weighted by molar-refractivity contribution is -0.187. The van der Waals surface area contributed by atoms with Crippen LogP contribution in [-0.2, 0) is 9.47 Å². The first-order chi connectivity index (χ1) is 17.1. The van der Waals surface area contributed by atoms with E-state index in [9.17, 15) is 10.2 Å². The van der Waals surface area contributed by atoms with Crippen LogP contribution in [0.2, 0.25) is 10.0 Å². The highest BCUT2D eigenvalue weighted by Crippen LogP contribution is 2.68. The molecule has 196 valence electrons. The number of halogens is 2. The maximum absolute atomic E-state index is 12.0. The van der Waals surface area contributed by atoms with Gasteiger partial charge in [-0.25, -0.2) is 0 Å². The predicted octanol–water partition coefficient (Wildman–Crippen LogP) is 6.55. The van der Waals surface area contributed by atoms with Crippen molar-refractivity contribution in [2.24, 2.45) is 33.6 Å². The summed E-state index contributed by atoms with van der Waals surface area (Å²) in [6.45, 7) is 6.51. The SMILES string of the molecule is C[C@]12CCC3(CC1=CCC1C2CC[C@@]2(C)C1CC[C@@]2(O)CN=Cc1cc(Cl)cc(Cl)c1O)OCCO3. The van der Waals surface area contributed by atoms with Crippen molar-refractivity contribution < 1.29 is 19.7 Å². The molecule has 0 amide bonds. The number of hydrogen-bond acceptors (Lipinski definition) is 5.